The van der Waals surface area contributed by atoms with Crippen LogP contribution in [0.15, 0.2) is 12.1 Å². The van der Waals surface area contributed by atoms with E-state index in [1.165, 1.54) is 4.90 Å². The molecule has 1 aromatic rings. The molecule has 0 saturated carbocycles. The van der Waals surface area contributed by atoms with Gasteiger partial charge in [0, 0.05) is 0 Å². The Balaban J connectivity index is 1.64. The molecule has 2 amide bonds. The van der Waals surface area contributed by atoms with Crippen LogP contribution in [0.5, 0.6) is 0 Å². The number of anilines is 1. The summed E-state index contributed by atoms with van der Waals surface area (Å²) < 4.78 is 6.16. The number of carbonyl (C=O) groups is 2. The molecule has 5 rings (SSSR count). The summed E-state index contributed by atoms with van der Waals surface area (Å²) in [4.78, 5) is 27.9. The molecule has 4 atom stereocenters. The summed E-state index contributed by atoms with van der Waals surface area (Å²) in [5, 5.41) is 9.32. The third kappa shape index (κ3) is 1.66. The third-order valence-electron chi connectivity index (χ3n) is 6.83. The van der Waals surface area contributed by atoms with Crippen molar-refractivity contribution in [3.63, 3.8) is 0 Å². The van der Waals surface area contributed by atoms with Crippen LogP contribution in [-0.4, -0.2) is 23.0 Å². The zero-order valence-corrected chi connectivity index (χ0v) is 14.5. The largest absolute Gasteiger partial charge is 0.367 e. The lowest BCUT2D eigenvalue weighted by atomic mass is 9.69. The number of amides is 2. The lowest BCUT2D eigenvalue weighted by molar-refractivity contribution is -0.129. The van der Waals surface area contributed by atoms with Crippen LogP contribution in [0, 0.1) is 23.2 Å². The smallest absolute Gasteiger partial charge is 0.240 e. The highest BCUT2D eigenvalue weighted by Crippen LogP contribution is 2.61. The minimum Gasteiger partial charge on any atom is -0.367 e. The SMILES string of the molecule is CC12CCC(C)(O1)[C@H]1C(=O)N(c3ccc(C#N)c4c3CCC4)C(=O)[C@H]12. The third-order valence-corrected chi connectivity index (χ3v) is 6.83. The number of hydrogen-bond acceptors (Lipinski definition) is 4. The Kier molecular flexibility index (Phi) is 2.72. The summed E-state index contributed by atoms with van der Waals surface area (Å²) in [5.74, 6) is -1.02. The van der Waals surface area contributed by atoms with E-state index in [-0.39, 0.29) is 23.7 Å². The summed E-state index contributed by atoms with van der Waals surface area (Å²) in [6.45, 7) is 3.95. The lowest BCUT2D eigenvalue weighted by Crippen LogP contribution is -2.40. The maximum Gasteiger partial charge on any atom is 0.240 e. The molecule has 1 aromatic carbocycles. The predicted octanol–water partition coefficient (Wildman–Crippen LogP) is 2.49. The van der Waals surface area contributed by atoms with Crippen LogP contribution < -0.4 is 4.90 Å². The summed E-state index contributed by atoms with van der Waals surface area (Å²) in [5.41, 5.74) is 2.31. The Bertz CT molecular complexity index is 852. The van der Waals surface area contributed by atoms with Crippen LogP contribution in [0.3, 0.4) is 0 Å². The van der Waals surface area contributed by atoms with E-state index < -0.39 is 11.2 Å². The fourth-order valence-corrected chi connectivity index (χ4v) is 5.71. The molecule has 5 nitrogen and oxygen atoms in total. The van der Waals surface area contributed by atoms with Gasteiger partial charge in [-0.3, -0.25) is 9.59 Å². The van der Waals surface area contributed by atoms with Crippen LogP contribution >= 0.6 is 0 Å². The molecule has 4 aliphatic rings. The monoisotopic (exact) mass is 336 g/mol. The van der Waals surface area contributed by atoms with Gasteiger partial charge < -0.3 is 4.74 Å². The lowest BCUT2D eigenvalue weighted by Gasteiger charge is -2.27. The van der Waals surface area contributed by atoms with Gasteiger partial charge in [0.05, 0.1) is 40.4 Å². The fourth-order valence-electron chi connectivity index (χ4n) is 5.71. The Morgan fingerprint density at radius 2 is 1.68 bits per heavy atom. The van der Waals surface area contributed by atoms with E-state index in [4.69, 9.17) is 4.74 Å². The predicted molar refractivity (Wildman–Crippen MR) is 89.8 cm³/mol. The van der Waals surface area contributed by atoms with Crippen molar-refractivity contribution in [1.29, 1.82) is 5.26 Å². The Hall–Kier alpha value is -2.19. The molecule has 0 spiro atoms. The average Bonchev–Trinajstić information content (AvgIpc) is 3.28. The van der Waals surface area contributed by atoms with E-state index in [1.54, 1.807) is 12.1 Å². The van der Waals surface area contributed by atoms with Crippen molar-refractivity contribution in [2.45, 2.75) is 57.2 Å². The highest BCUT2D eigenvalue weighted by atomic mass is 16.5. The van der Waals surface area contributed by atoms with Crippen molar-refractivity contribution < 1.29 is 14.3 Å². The normalized spacial score (nSPS) is 38.2. The Morgan fingerprint density at radius 1 is 1.08 bits per heavy atom. The molecule has 3 fully saturated rings. The maximum atomic E-state index is 13.2. The topological polar surface area (TPSA) is 70.4 Å². The van der Waals surface area contributed by atoms with Crippen molar-refractivity contribution in [2.75, 3.05) is 4.90 Å². The highest BCUT2D eigenvalue weighted by Gasteiger charge is 2.72. The summed E-state index contributed by atoms with van der Waals surface area (Å²) >= 11 is 0. The van der Waals surface area contributed by atoms with Gasteiger partial charge in [0.1, 0.15) is 0 Å². The molecule has 0 N–H and O–H groups in total. The summed E-state index contributed by atoms with van der Waals surface area (Å²) in [6.07, 6.45) is 4.26. The molecule has 2 bridgehead atoms. The van der Waals surface area contributed by atoms with E-state index in [2.05, 4.69) is 6.07 Å². The quantitative estimate of drug-likeness (QED) is 0.739. The van der Waals surface area contributed by atoms with Gasteiger partial charge in [-0.1, -0.05) is 0 Å². The number of rotatable bonds is 1. The average molecular weight is 336 g/mol. The minimum absolute atomic E-state index is 0.125. The van der Waals surface area contributed by atoms with Crippen molar-refractivity contribution in [3.8, 4) is 6.07 Å². The van der Waals surface area contributed by atoms with Gasteiger partial charge in [0.2, 0.25) is 11.8 Å². The number of hydrogen-bond donors (Lipinski definition) is 0. The molecule has 0 radical (unpaired) electrons. The number of ether oxygens (including phenoxy) is 1. The number of benzene rings is 1. The van der Waals surface area contributed by atoms with Gasteiger partial charge in [-0.25, -0.2) is 4.90 Å². The first-order valence-corrected chi connectivity index (χ1v) is 9.02. The summed E-state index contributed by atoms with van der Waals surface area (Å²) in [7, 11) is 0. The van der Waals surface area contributed by atoms with Crippen LogP contribution in [0.4, 0.5) is 5.69 Å². The fraction of sp³-hybridized carbons (Fsp3) is 0.550. The first kappa shape index (κ1) is 15.1. The zero-order valence-electron chi connectivity index (χ0n) is 14.5. The second-order valence-electron chi connectivity index (χ2n) is 8.25. The molecule has 5 heteroatoms. The van der Waals surface area contributed by atoms with Gasteiger partial charge >= 0.3 is 0 Å². The minimum atomic E-state index is -0.531. The first-order chi connectivity index (χ1) is 11.9. The van der Waals surface area contributed by atoms with Crippen molar-refractivity contribution in [3.05, 3.63) is 28.8 Å². The van der Waals surface area contributed by atoms with Crippen LogP contribution in [0.25, 0.3) is 0 Å². The maximum absolute atomic E-state index is 13.2. The molecule has 128 valence electrons. The van der Waals surface area contributed by atoms with E-state index in [1.807, 2.05) is 13.8 Å². The van der Waals surface area contributed by atoms with Gasteiger partial charge in [-0.2, -0.15) is 5.26 Å². The van der Waals surface area contributed by atoms with Crippen molar-refractivity contribution in [2.24, 2.45) is 11.8 Å². The van der Waals surface area contributed by atoms with E-state index >= 15 is 0 Å². The van der Waals surface area contributed by atoms with Crippen LogP contribution in [-0.2, 0) is 27.2 Å². The van der Waals surface area contributed by atoms with Crippen molar-refractivity contribution >= 4 is 17.5 Å². The molecule has 3 saturated heterocycles. The zero-order chi connectivity index (χ0) is 17.6. The first-order valence-electron chi connectivity index (χ1n) is 9.02. The second kappa shape index (κ2) is 4.50. The second-order valence-corrected chi connectivity index (χ2v) is 8.25. The Labute approximate surface area is 146 Å². The number of fused-ring (bicyclic) bond motifs is 6. The number of nitriles is 1. The van der Waals surface area contributed by atoms with E-state index in [0.717, 1.165) is 43.2 Å². The number of imide groups is 1. The van der Waals surface area contributed by atoms with Gasteiger partial charge in [0.15, 0.2) is 0 Å². The standard InChI is InChI=1S/C20H20N2O3/c1-19-8-9-20(2,25-19)16-15(19)17(23)22(18(16)24)14-7-6-11(10-21)12-4-3-5-13(12)14/h6-7,15-16H,3-5,8-9H2,1-2H3/t15-,16+,19?,20?. The van der Waals surface area contributed by atoms with E-state index in [9.17, 15) is 14.9 Å². The molecule has 0 aromatic heterocycles. The molecule has 2 unspecified atom stereocenters. The molecular formula is C20H20N2O3. The summed E-state index contributed by atoms with van der Waals surface area (Å²) in [6, 6.07) is 5.77. The van der Waals surface area contributed by atoms with Crippen molar-refractivity contribution in [1.82, 2.24) is 0 Å². The molecule has 25 heavy (non-hydrogen) atoms. The van der Waals surface area contributed by atoms with Crippen LogP contribution in [0.1, 0.15) is 49.8 Å². The number of nitrogens with zero attached hydrogens (tertiary/aromatic N) is 2. The van der Waals surface area contributed by atoms with Gasteiger partial charge in [-0.15, -0.1) is 0 Å². The molecular weight excluding hydrogens is 316 g/mol. The van der Waals surface area contributed by atoms with Crippen LogP contribution in [0.2, 0.25) is 0 Å². The molecule has 3 heterocycles. The number of carbonyl (C=O) groups excluding carboxylic acids is 2. The molecule has 1 aliphatic carbocycles. The Morgan fingerprint density at radius 3 is 2.28 bits per heavy atom. The van der Waals surface area contributed by atoms with Gasteiger partial charge in [0.25, 0.3) is 0 Å². The van der Waals surface area contributed by atoms with Gasteiger partial charge in [-0.05, 0) is 69.2 Å². The van der Waals surface area contributed by atoms with E-state index in [0.29, 0.717) is 11.3 Å². The molecule has 3 aliphatic heterocycles. The highest BCUT2D eigenvalue weighted by molar-refractivity contribution is 6.23.